The zero-order valence-corrected chi connectivity index (χ0v) is 8.80. The fourth-order valence-corrected chi connectivity index (χ4v) is 2.76. The second-order valence-corrected chi connectivity index (χ2v) is 4.45. The Morgan fingerprint density at radius 2 is 2.19 bits per heavy atom. The van der Waals surface area contributed by atoms with E-state index in [0.29, 0.717) is 6.42 Å². The Labute approximate surface area is 92.5 Å². The fourth-order valence-electron chi connectivity index (χ4n) is 2.76. The molecule has 2 aliphatic rings. The van der Waals surface area contributed by atoms with Gasteiger partial charge in [0.1, 0.15) is 0 Å². The fraction of sp³-hybridized carbons (Fsp3) is 0.333. The molecule has 82 valence electrons. The molecule has 4 heteroatoms. The minimum Gasteiger partial charge on any atom is -0.481 e. The van der Waals surface area contributed by atoms with Gasteiger partial charge in [0.25, 0.3) is 0 Å². The van der Waals surface area contributed by atoms with E-state index in [1.165, 1.54) is 0 Å². The van der Waals surface area contributed by atoms with Crippen LogP contribution in [0.3, 0.4) is 0 Å². The van der Waals surface area contributed by atoms with Gasteiger partial charge in [0.2, 0.25) is 5.91 Å². The molecule has 0 bridgehead atoms. The van der Waals surface area contributed by atoms with Gasteiger partial charge in [-0.1, -0.05) is 18.2 Å². The third kappa shape index (κ3) is 0.852. The van der Waals surface area contributed by atoms with Crippen LogP contribution in [0.15, 0.2) is 24.3 Å². The molecule has 1 spiro atoms. The van der Waals surface area contributed by atoms with Gasteiger partial charge in [-0.3, -0.25) is 9.59 Å². The molecule has 1 aromatic rings. The number of nitrogens with zero attached hydrogens (tertiary/aromatic N) is 1. The number of hydrogen-bond donors (Lipinski definition) is 1. The summed E-state index contributed by atoms with van der Waals surface area (Å²) in [7, 11) is 1.70. The van der Waals surface area contributed by atoms with E-state index in [9.17, 15) is 9.59 Å². The standard InChI is InChI=1S/C12H11NO3/c1-13-9-5-3-2-4-7(9)12(11(13)16)6-8(12)10(14)15/h2-5,8H,6H2,1H3,(H,14,15). The number of aliphatic carboxylic acids is 1. The number of carboxylic acids is 1. The highest BCUT2D eigenvalue weighted by atomic mass is 16.4. The van der Waals surface area contributed by atoms with Gasteiger partial charge >= 0.3 is 5.97 Å². The number of likely N-dealkylation sites (N-methyl/N-ethyl adjacent to an activating group) is 1. The van der Waals surface area contributed by atoms with E-state index >= 15 is 0 Å². The number of benzene rings is 1. The number of rotatable bonds is 1. The maximum atomic E-state index is 12.1. The molecule has 1 fully saturated rings. The first-order valence-electron chi connectivity index (χ1n) is 5.19. The molecule has 3 rings (SSSR count). The average Bonchev–Trinajstić information content (AvgIpc) is 2.99. The van der Waals surface area contributed by atoms with Gasteiger partial charge in [-0.25, -0.2) is 0 Å². The lowest BCUT2D eigenvalue weighted by Gasteiger charge is -2.09. The first-order valence-corrected chi connectivity index (χ1v) is 5.19. The number of hydrogen-bond acceptors (Lipinski definition) is 2. The van der Waals surface area contributed by atoms with Crippen LogP contribution in [-0.2, 0) is 15.0 Å². The first kappa shape index (κ1) is 9.39. The first-order chi connectivity index (χ1) is 7.59. The molecule has 4 nitrogen and oxygen atoms in total. The maximum absolute atomic E-state index is 12.1. The number of para-hydroxylation sites is 1. The molecule has 2 unspecified atom stereocenters. The van der Waals surface area contributed by atoms with Crippen LogP contribution in [0.25, 0.3) is 0 Å². The van der Waals surface area contributed by atoms with Gasteiger partial charge in [0.15, 0.2) is 0 Å². The van der Waals surface area contributed by atoms with Crippen molar-refractivity contribution in [2.75, 3.05) is 11.9 Å². The summed E-state index contributed by atoms with van der Waals surface area (Å²) >= 11 is 0. The Morgan fingerprint density at radius 1 is 1.50 bits per heavy atom. The summed E-state index contributed by atoms with van der Waals surface area (Å²) in [5.74, 6) is -1.51. The van der Waals surface area contributed by atoms with Crippen molar-refractivity contribution in [2.24, 2.45) is 5.92 Å². The minimum absolute atomic E-state index is 0.0823. The third-order valence-corrected chi connectivity index (χ3v) is 3.69. The summed E-state index contributed by atoms with van der Waals surface area (Å²) < 4.78 is 0. The quantitative estimate of drug-likeness (QED) is 0.763. The average molecular weight is 217 g/mol. The zero-order valence-electron chi connectivity index (χ0n) is 8.80. The molecule has 1 amide bonds. The van der Waals surface area contributed by atoms with Gasteiger partial charge in [0.05, 0.1) is 11.3 Å². The van der Waals surface area contributed by atoms with E-state index in [1.54, 1.807) is 11.9 Å². The van der Waals surface area contributed by atoms with Gasteiger partial charge in [-0.2, -0.15) is 0 Å². The number of carboxylic acid groups (broad SMARTS) is 1. The maximum Gasteiger partial charge on any atom is 0.307 e. The van der Waals surface area contributed by atoms with E-state index in [0.717, 1.165) is 11.3 Å². The molecule has 1 aliphatic carbocycles. The second kappa shape index (κ2) is 2.64. The van der Waals surface area contributed by atoms with Gasteiger partial charge in [0, 0.05) is 12.7 Å². The summed E-state index contributed by atoms with van der Waals surface area (Å²) in [5, 5.41) is 9.04. The van der Waals surface area contributed by atoms with Crippen molar-refractivity contribution in [3.05, 3.63) is 29.8 Å². The van der Waals surface area contributed by atoms with Crippen LogP contribution in [0.5, 0.6) is 0 Å². The van der Waals surface area contributed by atoms with E-state index in [4.69, 9.17) is 5.11 Å². The van der Waals surface area contributed by atoms with Crippen molar-refractivity contribution in [3.63, 3.8) is 0 Å². The van der Waals surface area contributed by atoms with Crippen LogP contribution in [-0.4, -0.2) is 24.0 Å². The van der Waals surface area contributed by atoms with E-state index in [-0.39, 0.29) is 5.91 Å². The summed E-state index contributed by atoms with van der Waals surface area (Å²) in [6.07, 6.45) is 0.433. The van der Waals surface area contributed by atoms with Crippen LogP contribution in [0.2, 0.25) is 0 Å². The van der Waals surface area contributed by atoms with Crippen LogP contribution < -0.4 is 4.90 Å². The van der Waals surface area contributed by atoms with E-state index in [1.807, 2.05) is 24.3 Å². The molecule has 1 N–H and O–H groups in total. The Kier molecular flexibility index (Phi) is 1.55. The number of amides is 1. The molecule has 1 aliphatic heterocycles. The van der Waals surface area contributed by atoms with Gasteiger partial charge in [-0.15, -0.1) is 0 Å². The predicted octanol–water partition coefficient (Wildman–Crippen LogP) is 1.01. The van der Waals surface area contributed by atoms with Crippen LogP contribution in [0, 0.1) is 5.92 Å². The normalized spacial score (nSPS) is 30.7. The van der Waals surface area contributed by atoms with Crippen LogP contribution in [0.4, 0.5) is 5.69 Å². The van der Waals surface area contributed by atoms with E-state index in [2.05, 4.69) is 0 Å². The molecule has 16 heavy (non-hydrogen) atoms. The summed E-state index contributed by atoms with van der Waals surface area (Å²) in [4.78, 5) is 24.7. The molecule has 1 saturated carbocycles. The predicted molar refractivity (Wildman–Crippen MR) is 57.3 cm³/mol. The molecule has 2 atom stereocenters. The lowest BCUT2D eigenvalue weighted by atomic mass is 9.95. The number of carbonyl (C=O) groups is 2. The van der Waals surface area contributed by atoms with Crippen molar-refractivity contribution in [1.29, 1.82) is 0 Å². The Morgan fingerprint density at radius 3 is 2.81 bits per heavy atom. The van der Waals surface area contributed by atoms with Crippen molar-refractivity contribution in [1.82, 2.24) is 0 Å². The lowest BCUT2D eigenvalue weighted by molar-refractivity contribution is -0.140. The molecule has 1 aromatic carbocycles. The van der Waals surface area contributed by atoms with Gasteiger partial charge in [-0.05, 0) is 18.1 Å². The Hall–Kier alpha value is -1.84. The SMILES string of the molecule is CN1C(=O)C2(CC2C(=O)O)c2ccccc21. The summed E-state index contributed by atoms with van der Waals surface area (Å²) in [6.45, 7) is 0. The van der Waals surface area contributed by atoms with Gasteiger partial charge < -0.3 is 10.0 Å². The van der Waals surface area contributed by atoms with Crippen molar-refractivity contribution >= 4 is 17.6 Å². The minimum atomic E-state index is -0.876. The zero-order chi connectivity index (χ0) is 11.5. The Bertz CT molecular complexity index is 511. The topological polar surface area (TPSA) is 57.6 Å². The smallest absolute Gasteiger partial charge is 0.307 e. The van der Waals surface area contributed by atoms with E-state index < -0.39 is 17.3 Å². The highest BCUT2D eigenvalue weighted by molar-refractivity contribution is 6.13. The van der Waals surface area contributed by atoms with Crippen molar-refractivity contribution in [3.8, 4) is 0 Å². The summed E-state index contributed by atoms with van der Waals surface area (Å²) in [6, 6.07) is 7.43. The second-order valence-electron chi connectivity index (χ2n) is 4.45. The molecule has 0 aromatic heterocycles. The largest absolute Gasteiger partial charge is 0.481 e. The highest BCUT2D eigenvalue weighted by Gasteiger charge is 2.69. The highest BCUT2D eigenvalue weighted by Crippen LogP contribution is 2.61. The number of carbonyl (C=O) groups excluding carboxylic acids is 1. The third-order valence-electron chi connectivity index (χ3n) is 3.69. The van der Waals surface area contributed by atoms with Crippen molar-refractivity contribution < 1.29 is 14.7 Å². The molecule has 0 radical (unpaired) electrons. The summed E-state index contributed by atoms with van der Waals surface area (Å²) in [5.41, 5.74) is 0.947. The number of fused-ring (bicyclic) bond motifs is 2. The monoisotopic (exact) mass is 217 g/mol. The van der Waals surface area contributed by atoms with Crippen LogP contribution >= 0.6 is 0 Å². The molecule has 1 heterocycles. The number of anilines is 1. The molecule has 0 saturated heterocycles. The molecular weight excluding hydrogens is 206 g/mol. The molecular formula is C12H11NO3. The lowest BCUT2D eigenvalue weighted by Crippen LogP contribution is -2.30. The van der Waals surface area contributed by atoms with Crippen LogP contribution in [0.1, 0.15) is 12.0 Å². The Balaban J connectivity index is 2.17. The van der Waals surface area contributed by atoms with Crippen molar-refractivity contribution in [2.45, 2.75) is 11.8 Å².